The first-order chi connectivity index (χ1) is 7.69. The smallest absolute Gasteiger partial charge is 0.167 e. The van der Waals surface area contributed by atoms with E-state index in [1.807, 2.05) is 31.2 Å². The molecule has 16 heavy (non-hydrogen) atoms. The maximum absolute atomic E-state index is 4.35. The molecule has 3 nitrogen and oxygen atoms in total. The minimum Gasteiger partial charge on any atom is -0.329 e. The second-order valence-electron chi connectivity index (χ2n) is 4.11. The molecule has 1 rings (SSSR count). The van der Waals surface area contributed by atoms with E-state index in [9.17, 15) is 0 Å². The third kappa shape index (κ3) is 3.83. The van der Waals surface area contributed by atoms with Crippen molar-refractivity contribution in [3.05, 3.63) is 12.4 Å². The van der Waals surface area contributed by atoms with Crippen LogP contribution < -0.4 is 5.32 Å². The predicted octanol–water partition coefficient (Wildman–Crippen LogP) is 2.68. The summed E-state index contributed by atoms with van der Waals surface area (Å²) in [7, 11) is 2.04. The molecule has 0 amide bonds. The zero-order valence-corrected chi connectivity index (χ0v) is 11.5. The van der Waals surface area contributed by atoms with E-state index < -0.39 is 0 Å². The lowest BCUT2D eigenvalue weighted by Crippen LogP contribution is -2.36. The van der Waals surface area contributed by atoms with Crippen LogP contribution in [0.1, 0.15) is 33.6 Å². The molecule has 0 radical (unpaired) electrons. The molecule has 0 aliphatic heterocycles. The highest BCUT2D eigenvalue weighted by Crippen LogP contribution is 2.24. The van der Waals surface area contributed by atoms with Gasteiger partial charge in [0, 0.05) is 30.7 Å². The molecular formula is C12H23N3S. The van der Waals surface area contributed by atoms with Crippen molar-refractivity contribution >= 4 is 11.8 Å². The third-order valence-corrected chi connectivity index (χ3v) is 4.04. The highest BCUT2D eigenvalue weighted by atomic mass is 32.2. The number of hydrogen-bond acceptors (Lipinski definition) is 3. The van der Waals surface area contributed by atoms with Crippen LogP contribution in [-0.2, 0) is 7.05 Å². The Kier molecular flexibility index (Phi) is 5.91. The Balaban J connectivity index is 2.49. The van der Waals surface area contributed by atoms with Crippen molar-refractivity contribution < 1.29 is 0 Å². The van der Waals surface area contributed by atoms with Crippen LogP contribution in [0.5, 0.6) is 0 Å². The largest absolute Gasteiger partial charge is 0.329 e. The van der Waals surface area contributed by atoms with Crippen LogP contribution in [0.25, 0.3) is 0 Å². The molecule has 1 aromatic rings. The first kappa shape index (κ1) is 13.6. The van der Waals surface area contributed by atoms with E-state index in [0.29, 0.717) is 11.3 Å². The van der Waals surface area contributed by atoms with Gasteiger partial charge in [0.05, 0.1) is 0 Å². The van der Waals surface area contributed by atoms with Crippen LogP contribution in [0.2, 0.25) is 0 Å². The zero-order valence-electron chi connectivity index (χ0n) is 10.7. The van der Waals surface area contributed by atoms with Crippen molar-refractivity contribution in [1.29, 1.82) is 0 Å². The van der Waals surface area contributed by atoms with Crippen molar-refractivity contribution in [2.75, 3.05) is 6.54 Å². The normalized spacial score (nSPS) is 15.0. The Morgan fingerprint density at radius 3 is 2.75 bits per heavy atom. The fraction of sp³-hybridized carbons (Fsp3) is 0.750. The van der Waals surface area contributed by atoms with Gasteiger partial charge in [-0.2, -0.15) is 0 Å². The van der Waals surface area contributed by atoms with Gasteiger partial charge in [0.15, 0.2) is 5.16 Å². The lowest BCUT2D eigenvalue weighted by Gasteiger charge is -2.23. The number of nitrogens with zero attached hydrogens (tertiary/aromatic N) is 2. The first-order valence-corrected chi connectivity index (χ1v) is 6.94. The van der Waals surface area contributed by atoms with Crippen LogP contribution in [-0.4, -0.2) is 27.4 Å². The minimum atomic E-state index is 0.553. The minimum absolute atomic E-state index is 0.553. The number of aryl methyl sites for hydroxylation is 1. The number of thioether (sulfide) groups is 1. The van der Waals surface area contributed by atoms with E-state index >= 15 is 0 Å². The van der Waals surface area contributed by atoms with Crippen molar-refractivity contribution in [3.8, 4) is 0 Å². The molecule has 0 aliphatic rings. The Bertz CT molecular complexity index is 298. The highest BCUT2D eigenvalue weighted by Gasteiger charge is 2.17. The molecule has 0 saturated heterocycles. The van der Waals surface area contributed by atoms with Crippen molar-refractivity contribution in [3.63, 3.8) is 0 Å². The molecule has 0 saturated carbocycles. The van der Waals surface area contributed by atoms with Crippen molar-refractivity contribution in [2.45, 2.75) is 50.1 Å². The summed E-state index contributed by atoms with van der Waals surface area (Å²) in [5.74, 6) is 0. The summed E-state index contributed by atoms with van der Waals surface area (Å²) in [6, 6.07) is 0.571. The fourth-order valence-corrected chi connectivity index (χ4v) is 2.82. The molecule has 0 bridgehead atoms. The SMILES string of the molecule is CCCNC(CC)C(C)Sc1nccn1C. The van der Waals surface area contributed by atoms with Gasteiger partial charge in [-0.25, -0.2) is 4.98 Å². The van der Waals surface area contributed by atoms with Crippen LogP contribution >= 0.6 is 11.8 Å². The summed E-state index contributed by atoms with van der Waals surface area (Å²) in [4.78, 5) is 4.35. The van der Waals surface area contributed by atoms with E-state index in [2.05, 4.69) is 35.6 Å². The summed E-state index contributed by atoms with van der Waals surface area (Å²) in [6.45, 7) is 7.82. The average molecular weight is 241 g/mol. The molecule has 1 heterocycles. The molecule has 0 fully saturated rings. The summed E-state index contributed by atoms with van der Waals surface area (Å²) in [6.07, 6.45) is 6.21. The molecule has 2 atom stereocenters. The van der Waals surface area contributed by atoms with E-state index in [1.54, 1.807) is 0 Å². The molecule has 0 aliphatic carbocycles. The molecule has 1 aromatic heterocycles. The topological polar surface area (TPSA) is 29.9 Å². The Morgan fingerprint density at radius 2 is 2.25 bits per heavy atom. The second kappa shape index (κ2) is 6.97. The van der Waals surface area contributed by atoms with Crippen LogP contribution in [0.15, 0.2) is 17.6 Å². The number of rotatable bonds is 7. The number of imidazole rings is 1. The Labute approximate surface area is 103 Å². The van der Waals surface area contributed by atoms with Crippen LogP contribution in [0.3, 0.4) is 0 Å². The van der Waals surface area contributed by atoms with Gasteiger partial charge in [0.25, 0.3) is 0 Å². The van der Waals surface area contributed by atoms with Gasteiger partial charge >= 0.3 is 0 Å². The van der Waals surface area contributed by atoms with Gasteiger partial charge in [-0.15, -0.1) is 0 Å². The van der Waals surface area contributed by atoms with Gasteiger partial charge in [0.1, 0.15) is 0 Å². The lowest BCUT2D eigenvalue weighted by molar-refractivity contribution is 0.493. The number of hydrogen-bond donors (Lipinski definition) is 1. The molecule has 0 aromatic carbocycles. The summed E-state index contributed by atoms with van der Waals surface area (Å²) >= 11 is 1.85. The van der Waals surface area contributed by atoms with E-state index in [-0.39, 0.29) is 0 Å². The highest BCUT2D eigenvalue weighted by molar-refractivity contribution is 7.99. The van der Waals surface area contributed by atoms with E-state index in [0.717, 1.165) is 11.7 Å². The molecule has 0 spiro atoms. The van der Waals surface area contributed by atoms with Gasteiger partial charge in [-0.3, -0.25) is 0 Å². The Morgan fingerprint density at radius 1 is 1.50 bits per heavy atom. The third-order valence-electron chi connectivity index (χ3n) is 2.73. The van der Waals surface area contributed by atoms with Gasteiger partial charge in [-0.05, 0) is 19.4 Å². The maximum Gasteiger partial charge on any atom is 0.167 e. The maximum atomic E-state index is 4.35. The van der Waals surface area contributed by atoms with Gasteiger partial charge in [0.2, 0.25) is 0 Å². The van der Waals surface area contributed by atoms with Crippen LogP contribution in [0.4, 0.5) is 0 Å². The molecule has 2 unspecified atom stereocenters. The first-order valence-electron chi connectivity index (χ1n) is 6.06. The summed E-state index contributed by atoms with van der Waals surface area (Å²) in [5, 5.41) is 5.25. The second-order valence-corrected chi connectivity index (χ2v) is 5.46. The molecule has 1 N–H and O–H groups in total. The number of nitrogens with one attached hydrogen (secondary N) is 1. The monoisotopic (exact) mass is 241 g/mol. The van der Waals surface area contributed by atoms with E-state index in [1.165, 1.54) is 12.8 Å². The van der Waals surface area contributed by atoms with Crippen LogP contribution in [0, 0.1) is 0 Å². The fourth-order valence-electron chi connectivity index (χ4n) is 1.69. The summed E-state index contributed by atoms with van der Waals surface area (Å²) in [5.41, 5.74) is 0. The van der Waals surface area contributed by atoms with E-state index in [4.69, 9.17) is 0 Å². The van der Waals surface area contributed by atoms with Gasteiger partial charge < -0.3 is 9.88 Å². The molecular weight excluding hydrogens is 218 g/mol. The quantitative estimate of drug-likeness (QED) is 0.744. The summed E-state index contributed by atoms with van der Waals surface area (Å²) < 4.78 is 2.08. The van der Waals surface area contributed by atoms with Crippen molar-refractivity contribution in [2.24, 2.45) is 7.05 Å². The average Bonchev–Trinajstić information content (AvgIpc) is 2.65. The lowest BCUT2D eigenvalue weighted by atomic mass is 10.1. The number of aromatic nitrogens is 2. The van der Waals surface area contributed by atoms with Crippen molar-refractivity contribution in [1.82, 2.24) is 14.9 Å². The zero-order chi connectivity index (χ0) is 12.0. The molecule has 4 heteroatoms. The Hall–Kier alpha value is -0.480. The standard InChI is InChI=1S/C12H23N3S/c1-5-7-13-11(6-2)10(3)16-12-14-8-9-15(12)4/h8-11,13H,5-7H2,1-4H3. The van der Waals surface area contributed by atoms with Gasteiger partial charge in [-0.1, -0.05) is 32.5 Å². The molecule has 92 valence electrons. The predicted molar refractivity (Wildman–Crippen MR) is 70.9 cm³/mol.